The number of carbonyl (C=O) groups excluding carboxylic acids is 2. The Labute approximate surface area is 254 Å². The summed E-state index contributed by atoms with van der Waals surface area (Å²) in [4.78, 5) is 28.0. The van der Waals surface area contributed by atoms with Gasteiger partial charge >= 0.3 is 5.91 Å². The third-order valence-corrected chi connectivity index (χ3v) is 8.91. The van der Waals surface area contributed by atoms with Gasteiger partial charge in [0.25, 0.3) is 5.78 Å². The second-order valence-electron chi connectivity index (χ2n) is 9.01. The van der Waals surface area contributed by atoms with Crippen LogP contribution in [0, 0.1) is 0 Å². The third kappa shape index (κ3) is 6.20. The fraction of sp³-hybridized carbons (Fsp3) is 0.172. The number of thioether (sulfide) groups is 1. The van der Waals surface area contributed by atoms with Crippen LogP contribution < -0.4 is 9.64 Å². The van der Waals surface area contributed by atoms with Crippen LogP contribution in [0.5, 0.6) is 11.5 Å². The molecule has 2 N–H and O–H groups in total. The molecule has 8 nitrogen and oxygen atoms in total. The maximum Gasteiger partial charge on any atom is 0.301 e. The number of phenolic OH excluding ortho intramolecular Hbond substituents is 1. The molecule has 0 spiro atoms. The van der Waals surface area contributed by atoms with E-state index in [2.05, 4.69) is 10.2 Å². The lowest BCUT2D eigenvalue weighted by atomic mass is 9.95. The molecule has 2 heterocycles. The van der Waals surface area contributed by atoms with Gasteiger partial charge in [0.05, 0.1) is 18.2 Å². The second kappa shape index (κ2) is 12.5. The zero-order valence-corrected chi connectivity index (χ0v) is 24.7. The number of aliphatic hydroxyl groups is 1. The van der Waals surface area contributed by atoms with Crippen LogP contribution >= 0.6 is 46.3 Å². The van der Waals surface area contributed by atoms with Gasteiger partial charge in [0.15, 0.2) is 4.34 Å². The Morgan fingerprint density at radius 3 is 2.46 bits per heavy atom. The smallest absolute Gasteiger partial charge is 0.301 e. The van der Waals surface area contributed by atoms with Gasteiger partial charge in [-0.05, 0) is 66.1 Å². The number of benzene rings is 3. The molecule has 0 radical (unpaired) electrons. The van der Waals surface area contributed by atoms with Gasteiger partial charge in [-0.3, -0.25) is 14.5 Å². The predicted octanol–water partition coefficient (Wildman–Crippen LogP) is 7.26. The molecule has 1 atom stereocenters. The number of hydrogen-bond acceptors (Lipinski definition) is 9. The molecule has 0 saturated carbocycles. The largest absolute Gasteiger partial charge is 0.508 e. The fourth-order valence-corrected chi connectivity index (χ4v) is 6.65. The standard InChI is InChI=1S/C29H23Cl2N3O5S2/c1-2-13-39-21-11-6-17(7-12-21)25(36)23-24(16-4-9-20(35)10-5-16)34(27(38)26(23)37)28-32-33-29(41-28)40-15-18-3-8-19(30)14-22(18)31/h3-12,14,24,35-36H,2,13,15H2,1H3/b25-23-. The van der Waals surface area contributed by atoms with Crippen molar-refractivity contribution in [3.8, 4) is 11.5 Å². The van der Waals surface area contributed by atoms with Gasteiger partial charge in [-0.1, -0.05) is 71.4 Å². The van der Waals surface area contributed by atoms with Gasteiger partial charge in [-0.2, -0.15) is 0 Å². The number of Topliss-reactive ketones (excluding diaryl/α,β-unsaturated/α-hetero) is 1. The quantitative estimate of drug-likeness (QED) is 0.0655. The zero-order chi connectivity index (χ0) is 29.1. The Morgan fingerprint density at radius 1 is 1.05 bits per heavy atom. The topological polar surface area (TPSA) is 113 Å². The van der Waals surface area contributed by atoms with E-state index in [1.165, 1.54) is 28.8 Å². The summed E-state index contributed by atoms with van der Waals surface area (Å²) in [5.41, 5.74) is 1.61. The minimum absolute atomic E-state index is 0.0174. The number of nitrogens with zero attached hydrogens (tertiary/aromatic N) is 3. The van der Waals surface area contributed by atoms with Crippen LogP contribution in [0.4, 0.5) is 5.13 Å². The maximum atomic E-state index is 13.4. The van der Waals surface area contributed by atoms with Crippen molar-refractivity contribution in [2.24, 2.45) is 0 Å². The molecule has 1 aromatic heterocycles. The Morgan fingerprint density at radius 2 is 1.78 bits per heavy atom. The van der Waals surface area contributed by atoms with Gasteiger partial charge in [0.2, 0.25) is 5.13 Å². The molecule has 41 heavy (non-hydrogen) atoms. The Kier molecular flexibility index (Phi) is 8.84. The molecule has 5 rings (SSSR count). The fourth-order valence-electron chi connectivity index (χ4n) is 4.22. The molecule has 1 unspecified atom stereocenters. The summed E-state index contributed by atoms with van der Waals surface area (Å²) < 4.78 is 6.17. The highest BCUT2D eigenvalue weighted by molar-refractivity contribution is 8.00. The number of rotatable bonds is 9. The Hall–Kier alpha value is -3.57. The summed E-state index contributed by atoms with van der Waals surface area (Å²) >= 11 is 14.8. The minimum atomic E-state index is -0.997. The molecule has 210 valence electrons. The van der Waals surface area contributed by atoms with Crippen LogP contribution in [0.2, 0.25) is 10.0 Å². The van der Waals surface area contributed by atoms with E-state index in [1.807, 2.05) is 13.0 Å². The van der Waals surface area contributed by atoms with Crippen molar-refractivity contribution in [3.63, 3.8) is 0 Å². The molecular formula is C29H23Cl2N3O5S2. The number of aliphatic hydroxyl groups excluding tert-OH is 1. The summed E-state index contributed by atoms with van der Waals surface area (Å²) in [5.74, 6) is -0.905. The molecule has 4 aromatic rings. The summed E-state index contributed by atoms with van der Waals surface area (Å²) in [6, 6.07) is 17.0. The first-order valence-corrected chi connectivity index (χ1v) is 15.1. The van der Waals surface area contributed by atoms with Crippen molar-refractivity contribution in [2.75, 3.05) is 11.5 Å². The van der Waals surface area contributed by atoms with Crippen molar-refractivity contribution in [3.05, 3.63) is 99.0 Å². The second-order valence-corrected chi connectivity index (χ2v) is 12.0. The van der Waals surface area contributed by atoms with E-state index >= 15 is 0 Å². The van der Waals surface area contributed by atoms with Crippen molar-refractivity contribution in [1.29, 1.82) is 0 Å². The van der Waals surface area contributed by atoms with Crippen molar-refractivity contribution in [1.82, 2.24) is 10.2 Å². The zero-order valence-electron chi connectivity index (χ0n) is 21.6. The number of amides is 1. The molecule has 3 aromatic carbocycles. The highest BCUT2D eigenvalue weighted by atomic mass is 35.5. The Balaban J connectivity index is 1.50. The van der Waals surface area contributed by atoms with Crippen molar-refractivity contribution < 1.29 is 24.5 Å². The van der Waals surface area contributed by atoms with Crippen LogP contribution in [-0.4, -0.2) is 38.7 Å². The maximum absolute atomic E-state index is 13.4. The van der Waals surface area contributed by atoms with E-state index in [0.717, 1.165) is 23.3 Å². The molecular weight excluding hydrogens is 605 g/mol. The van der Waals surface area contributed by atoms with Crippen molar-refractivity contribution >= 4 is 68.9 Å². The number of aromatic nitrogens is 2. The number of ketones is 1. The highest BCUT2D eigenvalue weighted by Gasteiger charge is 2.48. The summed E-state index contributed by atoms with van der Waals surface area (Å²) in [5, 5.41) is 30.8. The number of ether oxygens (including phenoxy) is 1. The number of aromatic hydroxyl groups is 1. The molecule has 1 saturated heterocycles. The summed E-state index contributed by atoms with van der Waals surface area (Å²) in [6.07, 6.45) is 0.846. The van der Waals surface area contributed by atoms with Crippen LogP contribution in [0.25, 0.3) is 5.76 Å². The van der Waals surface area contributed by atoms with Crippen molar-refractivity contribution in [2.45, 2.75) is 29.5 Å². The van der Waals surface area contributed by atoms with Crippen LogP contribution in [0.1, 0.15) is 36.1 Å². The summed E-state index contributed by atoms with van der Waals surface area (Å²) in [7, 11) is 0. The first-order chi connectivity index (χ1) is 19.8. The SMILES string of the molecule is CCCOc1ccc(/C(O)=C2/C(=O)C(=O)N(c3nnc(SCc4ccc(Cl)cc4Cl)s3)C2c2ccc(O)cc2)cc1. The average Bonchev–Trinajstić information content (AvgIpc) is 3.53. The highest BCUT2D eigenvalue weighted by Crippen LogP contribution is 2.44. The molecule has 1 fully saturated rings. The van der Waals surface area contributed by atoms with Gasteiger partial charge in [-0.15, -0.1) is 10.2 Å². The van der Waals surface area contributed by atoms with E-state index < -0.39 is 17.7 Å². The number of carbonyl (C=O) groups is 2. The first-order valence-electron chi connectivity index (χ1n) is 12.5. The van der Waals surface area contributed by atoms with Crippen LogP contribution in [-0.2, 0) is 15.3 Å². The summed E-state index contributed by atoms with van der Waals surface area (Å²) in [6.45, 7) is 2.55. The first kappa shape index (κ1) is 28.9. The van der Waals surface area contributed by atoms with Crippen LogP contribution in [0.15, 0.2) is 76.6 Å². The lowest BCUT2D eigenvalue weighted by molar-refractivity contribution is -0.132. The van der Waals surface area contributed by atoms with E-state index in [0.29, 0.717) is 43.6 Å². The van der Waals surface area contributed by atoms with Gasteiger partial charge < -0.3 is 14.9 Å². The monoisotopic (exact) mass is 627 g/mol. The lowest BCUT2D eigenvalue weighted by Gasteiger charge is -2.22. The van der Waals surface area contributed by atoms with E-state index in [-0.39, 0.29) is 22.2 Å². The molecule has 12 heteroatoms. The van der Waals surface area contributed by atoms with Gasteiger partial charge in [0.1, 0.15) is 17.3 Å². The normalized spacial score (nSPS) is 16.4. The van der Waals surface area contributed by atoms with E-state index in [9.17, 15) is 19.8 Å². The Bertz CT molecular complexity index is 1620. The molecule has 1 amide bonds. The molecule has 0 bridgehead atoms. The third-order valence-electron chi connectivity index (χ3n) is 6.22. The predicted molar refractivity (Wildman–Crippen MR) is 161 cm³/mol. The van der Waals surface area contributed by atoms with E-state index in [1.54, 1.807) is 48.5 Å². The van der Waals surface area contributed by atoms with Crippen LogP contribution in [0.3, 0.4) is 0 Å². The molecule has 0 aliphatic carbocycles. The minimum Gasteiger partial charge on any atom is -0.508 e. The number of halogens is 2. The number of hydrogen-bond donors (Lipinski definition) is 2. The number of phenols is 1. The van der Waals surface area contributed by atoms with Gasteiger partial charge in [0, 0.05) is 21.4 Å². The van der Waals surface area contributed by atoms with Gasteiger partial charge in [-0.25, -0.2) is 0 Å². The molecule has 1 aliphatic rings. The molecule has 1 aliphatic heterocycles. The van der Waals surface area contributed by atoms with E-state index in [4.69, 9.17) is 27.9 Å². The lowest BCUT2D eigenvalue weighted by Crippen LogP contribution is -2.29. The average molecular weight is 629 g/mol. The number of anilines is 1.